The van der Waals surface area contributed by atoms with Gasteiger partial charge in [-0.3, -0.25) is 0 Å². The molecule has 100 valence electrons. The number of ether oxygens (including phenoxy) is 1. The molecule has 2 fully saturated rings. The molecule has 0 aromatic carbocycles. The summed E-state index contributed by atoms with van der Waals surface area (Å²) in [6.07, 6.45) is 6.67. The molecule has 1 spiro atoms. The van der Waals surface area contributed by atoms with Crippen molar-refractivity contribution in [2.75, 3.05) is 12.4 Å². The summed E-state index contributed by atoms with van der Waals surface area (Å²) in [7, 11) is 1.91. The highest BCUT2D eigenvalue weighted by atomic mass is 35.7. The zero-order valence-corrected chi connectivity index (χ0v) is 11.9. The van der Waals surface area contributed by atoms with E-state index in [0.29, 0.717) is 6.61 Å². The van der Waals surface area contributed by atoms with Crippen LogP contribution >= 0.6 is 10.7 Å². The van der Waals surface area contributed by atoms with Gasteiger partial charge in [-0.2, -0.15) is 0 Å². The SMILES string of the molecule is CCC1CCC2(CCOC2CS(=O)(=O)Cl)CC1. The maximum Gasteiger partial charge on any atom is 0.235 e. The second-order valence-electron chi connectivity index (χ2n) is 5.53. The summed E-state index contributed by atoms with van der Waals surface area (Å²) in [6.45, 7) is 2.92. The molecule has 0 amide bonds. The van der Waals surface area contributed by atoms with Gasteiger partial charge in [0, 0.05) is 17.3 Å². The number of hydrogen-bond acceptors (Lipinski definition) is 3. The van der Waals surface area contributed by atoms with Crippen LogP contribution in [0.4, 0.5) is 0 Å². The fourth-order valence-corrected chi connectivity index (χ4v) is 4.54. The van der Waals surface area contributed by atoms with Crippen LogP contribution < -0.4 is 0 Å². The molecule has 1 atom stereocenters. The van der Waals surface area contributed by atoms with Crippen LogP contribution in [0, 0.1) is 11.3 Å². The highest BCUT2D eigenvalue weighted by Gasteiger charge is 2.47. The summed E-state index contributed by atoms with van der Waals surface area (Å²) in [5.74, 6) is 0.792. The lowest BCUT2D eigenvalue weighted by molar-refractivity contribution is 0.0341. The summed E-state index contributed by atoms with van der Waals surface area (Å²) in [5, 5.41) is 0. The van der Waals surface area contributed by atoms with Crippen LogP contribution in [0.2, 0.25) is 0 Å². The van der Waals surface area contributed by atoms with Crippen LogP contribution in [0.15, 0.2) is 0 Å². The molecule has 1 unspecified atom stereocenters. The van der Waals surface area contributed by atoms with Crippen LogP contribution in [-0.2, 0) is 13.8 Å². The van der Waals surface area contributed by atoms with Crippen molar-refractivity contribution in [1.82, 2.24) is 0 Å². The van der Waals surface area contributed by atoms with Crippen molar-refractivity contribution in [3.8, 4) is 0 Å². The molecule has 1 heterocycles. The van der Waals surface area contributed by atoms with E-state index in [1.54, 1.807) is 0 Å². The Labute approximate surface area is 108 Å². The molecule has 1 aliphatic carbocycles. The van der Waals surface area contributed by atoms with Gasteiger partial charge < -0.3 is 4.74 Å². The minimum Gasteiger partial charge on any atom is -0.377 e. The van der Waals surface area contributed by atoms with E-state index in [4.69, 9.17) is 15.4 Å². The van der Waals surface area contributed by atoms with Gasteiger partial charge in [0.15, 0.2) is 0 Å². The monoisotopic (exact) mass is 280 g/mol. The van der Waals surface area contributed by atoms with Gasteiger partial charge in [-0.1, -0.05) is 13.3 Å². The average Bonchev–Trinajstić information content (AvgIpc) is 2.61. The summed E-state index contributed by atoms with van der Waals surface area (Å²) < 4.78 is 28.1. The van der Waals surface area contributed by atoms with Gasteiger partial charge in [0.25, 0.3) is 0 Å². The average molecular weight is 281 g/mol. The Kier molecular flexibility index (Phi) is 4.06. The van der Waals surface area contributed by atoms with E-state index in [9.17, 15) is 8.42 Å². The zero-order valence-electron chi connectivity index (χ0n) is 10.3. The van der Waals surface area contributed by atoms with E-state index in [2.05, 4.69) is 6.92 Å². The van der Waals surface area contributed by atoms with Crippen LogP contribution in [0.1, 0.15) is 45.4 Å². The summed E-state index contributed by atoms with van der Waals surface area (Å²) >= 11 is 0. The minimum atomic E-state index is -3.45. The molecule has 0 aromatic rings. The molecule has 0 aromatic heterocycles. The Bertz CT molecular complexity index is 358. The van der Waals surface area contributed by atoms with Crippen molar-refractivity contribution in [1.29, 1.82) is 0 Å². The van der Waals surface area contributed by atoms with Crippen molar-refractivity contribution in [2.24, 2.45) is 11.3 Å². The largest absolute Gasteiger partial charge is 0.377 e. The van der Waals surface area contributed by atoms with Crippen LogP contribution in [0.3, 0.4) is 0 Å². The summed E-state index contributed by atoms with van der Waals surface area (Å²) in [6, 6.07) is 0. The van der Waals surface area contributed by atoms with Crippen LogP contribution in [0.25, 0.3) is 0 Å². The van der Waals surface area contributed by atoms with Crippen molar-refractivity contribution in [3.63, 3.8) is 0 Å². The van der Waals surface area contributed by atoms with Gasteiger partial charge in [0.1, 0.15) is 0 Å². The van der Waals surface area contributed by atoms with E-state index in [1.165, 1.54) is 19.3 Å². The van der Waals surface area contributed by atoms with Gasteiger partial charge in [-0.25, -0.2) is 8.42 Å². The van der Waals surface area contributed by atoms with Gasteiger partial charge in [0.05, 0.1) is 11.9 Å². The van der Waals surface area contributed by atoms with E-state index in [1.807, 2.05) is 0 Å². The fraction of sp³-hybridized carbons (Fsp3) is 1.00. The molecule has 3 nitrogen and oxygen atoms in total. The molecular formula is C12H21ClO3S. The third-order valence-corrected chi connectivity index (χ3v) is 5.71. The minimum absolute atomic E-state index is 0.0225. The fourth-order valence-electron chi connectivity index (χ4n) is 3.38. The third kappa shape index (κ3) is 3.15. The quantitative estimate of drug-likeness (QED) is 0.747. The van der Waals surface area contributed by atoms with Crippen molar-refractivity contribution < 1.29 is 13.2 Å². The molecule has 1 saturated heterocycles. The number of halogens is 1. The lowest BCUT2D eigenvalue weighted by atomic mass is 9.66. The molecule has 1 saturated carbocycles. The van der Waals surface area contributed by atoms with Gasteiger partial charge in [-0.05, 0) is 43.4 Å². The number of rotatable bonds is 3. The lowest BCUT2D eigenvalue weighted by Crippen LogP contribution is -2.38. The standard InChI is InChI=1S/C12H21ClO3S/c1-2-10-3-5-12(6-4-10)7-8-16-11(12)9-17(13,14)15/h10-11H,2-9H2,1H3. The first-order valence-corrected chi connectivity index (χ1v) is 8.97. The smallest absolute Gasteiger partial charge is 0.235 e. The van der Waals surface area contributed by atoms with E-state index in [0.717, 1.165) is 25.2 Å². The predicted molar refractivity (Wildman–Crippen MR) is 68.7 cm³/mol. The normalized spacial score (nSPS) is 38.7. The van der Waals surface area contributed by atoms with Crippen LogP contribution in [-0.4, -0.2) is 26.9 Å². The molecule has 0 bridgehead atoms. The second-order valence-corrected chi connectivity index (χ2v) is 8.35. The van der Waals surface area contributed by atoms with Crippen molar-refractivity contribution >= 4 is 19.7 Å². The van der Waals surface area contributed by atoms with Gasteiger partial charge >= 0.3 is 0 Å². The van der Waals surface area contributed by atoms with Gasteiger partial charge in [0.2, 0.25) is 9.05 Å². The first-order valence-electron chi connectivity index (χ1n) is 6.49. The molecule has 2 rings (SSSR count). The van der Waals surface area contributed by atoms with E-state index < -0.39 is 9.05 Å². The third-order valence-electron chi connectivity index (χ3n) is 4.63. The summed E-state index contributed by atoms with van der Waals surface area (Å²) in [4.78, 5) is 0. The Hall–Kier alpha value is 0.200. The van der Waals surface area contributed by atoms with Gasteiger partial charge in [-0.15, -0.1) is 0 Å². The second kappa shape index (κ2) is 5.06. The lowest BCUT2D eigenvalue weighted by Gasteiger charge is -2.40. The number of hydrogen-bond donors (Lipinski definition) is 0. The highest BCUT2D eigenvalue weighted by Crippen LogP contribution is 2.49. The van der Waals surface area contributed by atoms with E-state index >= 15 is 0 Å². The highest BCUT2D eigenvalue weighted by molar-refractivity contribution is 8.13. The first-order chi connectivity index (χ1) is 7.95. The zero-order chi connectivity index (χ0) is 12.5. The topological polar surface area (TPSA) is 43.4 Å². The molecule has 1 aliphatic heterocycles. The Morgan fingerprint density at radius 3 is 2.47 bits per heavy atom. The Morgan fingerprint density at radius 1 is 1.29 bits per heavy atom. The molecule has 2 aliphatic rings. The van der Waals surface area contributed by atoms with Crippen molar-refractivity contribution in [3.05, 3.63) is 0 Å². The van der Waals surface area contributed by atoms with E-state index in [-0.39, 0.29) is 17.3 Å². The Morgan fingerprint density at radius 2 is 1.94 bits per heavy atom. The van der Waals surface area contributed by atoms with Crippen molar-refractivity contribution in [2.45, 2.75) is 51.6 Å². The maximum absolute atomic E-state index is 11.2. The molecular weight excluding hydrogens is 260 g/mol. The first kappa shape index (κ1) is 13.6. The predicted octanol–water partition coefficient (Wildman–Crippen LogP) is 2.93. The van der Waals surface area contributed by atoms with Crippen LogP contribution in [0.5, 0.6) is 0 Å². The molecule has 0 radical (unpaired) electrons. The maximum atomic E-state index is 11.2. The Balaban J connectivity index is 2.04. The summed E-state index contributed by atoms with van der Waals surface area (Å²) in [5.41, 5.74) is 0.0909. The molecule has 5 heteroatoms. The molecule has 0 N–H and O–H groups in total. The molecule has 17 heavy (non-hydrogen) atoms.